The van der Waals surface area contributed by atoms with Crippen LogP contribution in [0.3, 0.4) is 0 Å². The summed E-state index contributed by atoms with van der Waals surface area (Å²) in [5.74, 6) is -1.32. The van der Waals surface area contributed by atoms with E-state index < -0.39 is 17.6 Å². The minimum Gasteiger partial charge on any atom is -0.480 e. The normalized spacial score (nSPS) is 12.8. The Labute approximate surface area is 119 Å². The Bertz CT molecular complexity index is 452. The van der Waals surface area contributed by atoms with Gasteiger partial charge in [-0.15, -0.1) is 0 Å². The van der Waals surface area contributed by atoms with Crippen LogP contribution in [0.5, 0.6) is 0 Å². The highest BCUT2D eigenvalue weighted by molar-refractivity contribution is 5.83. The van der Waals surface area contributed by atoms with E-state index in [-0.39, 0.29) is 18.7 Å². The molecule has 0 heterocycles. The Balaban J connectivity index is 2.55. The molecule has 1 rings (SSSR count). The van der Waals surface area contributed by atoms with Gasteiger partial charge in [0.15, 0.2) is 0 Å². The maximum Gasteiger partial charge on any atom is 0.326 e. The van der Waals surface area contributed by atoms with Gasteiger partial charge < -0.3 is 16.2 Å². The van der Waals surface area contributed by atoms with Gasteiger partial charge in [0, 0.05) is 18.4 Å². The highest BCUT2D eigenvalue weighted by atomic mass is 16.4. The molecule has 4 N–H and O–H groups in total. The number of nitrogens with one attached hydrogen (secondary N) is 1. The van der Waals surface area contributed by atoms with Gasteiger partial charge in [-0.25, -0.2) is 4.79 Å². The first-order valence-corrected chi connectivity index (χ1v) is 6.63. The van der Waals surface area contributed by atoms with Crippen molar-refractivity contribution in [1.29, 1.82) is 0 Å². The molecule has 5 nitrogen and oxygen atoms in total. The third-order valence-corrected chi connectivity index (χ3v) is 2.91. The number of carboxylic acid groups (broad SMARTS) is 1. The molecule has 0 aliphatic carbocycles. The molecule has 1 aromatic rings. The summed E-state index contributed by atoms with van der Waals surface area (Å²) in [6, 6.07) is 8.31. The third-order valence-electron chi connectivity index (χ3n) is 2.91. The second-order valence-corrected chi connectivity index (χ2v) is 5.64. The van der Waals surface area contributed by atoms with Crippen molar-refractivity contribution in [3.8, 4) is 0 Å². The molecule has 20 heavy (non-hydrogen) atoms. The predicted octanol–water partition coefficient (Wildman–Crippen LogP) is 1.32. The lowest BCUT2D eigenvalue weighted by Crippen LogP contribution is -2.43. The molecule has 0 bridgehead atoms. The molecular weight excluding hydrogens is 256 g/mol. The number of carboxylic acids is 1. The first-order valence-electron chi connectivity index (χ1n) is 6.63. The second-order valence-electron chi connectivity index (χ2n) is 5.64. The number of benzene rings is 1. The molecule has 1 aromatic carbocycles. The maximum absolute atomic E-state index is 11.8. The summed E-state index contributed by atoms with van der Waals surface area (Å²) in [7, 11) is 0. The molecule has 0 aliphatic rings. The molecule has 1 amide bonds. The van der Waals surface area contributed by atoms with E-state index in [1.54, 1.807) is 0 Å². The fraction of sp³-hybridized carbons (Fsp3) is 0.467. The van der Waals surface area contributed by atoms with E-state index in [4.69, 9.17) is 5.73 Å². The van der Waals surface area contributed by atoms with Gasteiger partial charge in [0.2, 0.25) is 5.91 Å². The van der Waals surface area contributed by atoms with E-state index in [0.717, 1.165) is 5.56 Å². The van der Waals surface area contributed by atoms with E-state index >= 15 is 0 Å². The summed E-state index contributed by atoms with van der Waals surface area (Å²) in [5.41, 5.74) is 6.24. The molecule has 0 saturated heterocycles. The van der Waals surface area contributed by atoms with Crippen LogP contribution in [0.25, 0.3) is 0 Å². The van der Waals surface area contributed by atoms with E-state index in [0.29, 0.717) is 6.42 Å². The Morgan fingerprint density at radius 3 is 2.40 bits per heavy atom. The van der Waals surface area contributed by atoms with Crippen molar-refractivity contribution in [2.24, 2.45) is 5.73 Å². The third kappa shape index (κ3) is 6.33. The number of aliphatic carboxylic acids is 1. The first kappa shape index (κ1) is 16.2. The molecule has 0 aliphatic heterocycles. The highest BCUT2D eigenvalue weighted by Crippen LogP contribution is 2.08. The number of carbonyl (C=O) groups is 2. The topological polar surface area (TPSA) is 92.4 Å². The van der Waals surface area contributed by atoms with Crippen LogP contribution in [-0.2, 0) is 16.0 Å². The predicted molar refractivity (Wildman–Crippen MR) is 77.2 cm³/mol. The zero-order valence-corrected chi connectivity index (χ0v) is 11.9. The van der Waals surface area contributed by atoms with Crippen molar-refractivity contribution in [2.75, 3.05) is 0 Å². The van der Waals surface area contributed by atoms with Gasteiger partial charge in [0.1, 0.15) is 6.04 Å². The largest absolute Gasteiger partial charge is 0.480 e. The molecular formula is C15H22N2O3. The fourth-order valence-electron chi connectivity index (χ4n) is 1.75. The van der Waals surface area contributed by atoms with Gasteiger partial charge in [0.05, 0.1) is 0 Å². The van der Waals surface area contributed by atoms with Gasteiger partial charge in [0.25, 0.3) is 0 Å². The fourth-order valence-corrected chi connectivity index (χ4v) is 1.75. The monoisotopic (exact) mass is 278 g/mol. The molecule has 0 radical (unpaired) electrons. The molecule has 0 aromatic heterocycles. The summed E-state index contributed by atoms with van der Waals surface area (Å²) in [4.78, 5) is 23.0. The van der Waals surface area contributed by atoms with E-state index in [9.17, 15) is 14.7 Å². The molecule has 0 fully saturated rings. The minimum absolute atomic E-state index is 0.224. The van der Waals surface area contributed by atoms with Crippen LogP contribution < -0.4 is 11.1 Å². The molecule has 5 heteroatoms. The van der Waals surface area contributed by atoms with Gasteiger partial charge in [-0.05, 0) is 25.8 Å². The average molecular weight is 278 g/mol. The SMILES string of the molecule is CC(C)(N)CCC(=O)N[C@H](Cc1ccccc1)C(=O)O. The van der Waals surface area contributed by atoms with Crippen molar-refractivity contribution in [2.45, 2.75) is 44.7 Å². The number of nitrogens with two attached hydrogens (primary N) is 1. The van der Waals surface area contributed by atoms with Crippen molar-refractivity contribution in [3.05, 3.63) is 35.9 Å². The number of carbonyl (C=O) groups excluding carboxylic acids is 1. The number of rotatable bonds is 7. The van der Waals surface area contributed by atoms with Crippen LogP contribution in [0.1, 0.15) is 32.3 Å². The first-order chi connectivity index (χ1) is 9.28. The van der Waals surface area contributed by atoms with E-state index in [1.807, 2.05) is 44.2 Å². The Morgan fingerprint density at radius 1 is 1.30 bits per heavy atom. The molecule has 110 valence electrons. The molecule has 0 spiro atoms. The summed E-state index contributed by atoms with van der Waals surface area (Å²) < 4.78 is 0. The zero-order chi connectivity index (χ0) is 15.2. The van der Waals surface area contributed by atoms with Crippen LogP contribution in [0.2, 0.25) is 0 Å². The molecule has 1 atom stereocenters. The average Bonchev–Trinajstić information content (AvgIpc) is 2.36. The van der Waals surface area contributed by atoms with Gasteiger partial charge >= 0.3 is 5.97 Å². The summed E-state index contributed by atoms with van der Waals surface area (Å²) >= 11 is 0. The Kier molecular flexibility index (Phi) is 5.70. The van der Waals surface area contributed by atoms with Crippen LogP contribution in [0.4, 0.5) is 0 Å². The lowest BCUT2D eigenvalue weighted by Gasteiger charge is -2.19. The van der Waals surface area contributed by atoms with Gasteiger partial charge in [-0.1, -0.05) is 30.3 Å². The zero-order valence-electron chi connectivity index (χ0n) is 11.9. The van der Waals surface area contributed by atoms with Crippen molar-refractivity contribution < 1.29 is 14.7 Å². The van der Waals surface area contributed by atoms with Crippen LogP contribution in [-0.4, -0.2) is 28.6 Å². The summed E-state index contributed by atoms with van der Waals surface area (Å²) in [5, 5.41) is 11.7. The van der Waals surface area contributed by atoms with Crippen LogP contribution in [0.15, 0.2) is 30.3 Å². The van der Waals surface area contributed by atoms with Crippen molar-refractivity contribution >= 4 is 11.9 Å². The lowest BCUT2D eigenvalue weighted by molar-refractivity contribution is -0.141. The standard InChI is InChI=1S/C15H22N2O3/c1-15(2,16)9-8-13(18)17-12(14(19)20)10-11-6-4-3-5-7-11/h3-7,12H,8-10,16H2,1-2H3,(H,17,18)(H,19,20)/t12-/m1/s1. The quantitative estimate of drug-likeness (QED) is 0.701. The summed E-state index contributed by atoms with van der Waals surface area (Å²) in [6.07, 6.45) is 1.01. The van der Waals surface area contributed by atoms with Crippen LogP contribution in [0, 0.1) is 0 Å². The molecule has 0 saturated carbocycles. The van der Waals surface area contributed by atoms with E-state index in [2.05, 4.69) is 5.32 Å². The second kappa shape index (κ2) is 7.05. The Morgan fingerprint density at radius 2 is 1.90 bits per heavy atom. The van der Waals surface area contributed by atoms with Gasteiger partial charge in [-0.3, -0.25) is 4.79 Å². The molecule has 0 unspecified atom stereocenters. The van der Waals surface area contributed by atoms with E-state index in [1.165, 1.54) is 0 Å². The van der Waals surface area contributed by atoms with Crippen molar-refractivity contribution in [3.63, 3.8) is 0 Å². The minimum atomic E-state index is -1.03. The highest BCUT2D eigenvalue weighted by Gasteiger charge is 2.21. The summed E-state index contributed by atoms with van der Waals surface area (Å²) in [6.45, 7) is 3.66. The Hall–Kier alpha value is -1.88. The lowest BCUT2D eigenvalue weighted by atomic mass is 9.99. The number of hydrogen-bond acceptors (Lipinski definition) is 3. The number of amides is 1. The number of hydrogen-bond donors (Lipinski definition) is 3. The maximum atomic E-state index is 11.8. The van der Waals surface area contributed by atoms with Crippen LogP contribution >= 0.6 is 0 Å². The van der Waals surface area contributed by atoms with Gasteiger partial charge in [-0.2, -0.15) is 0 Å². The van der Waals surface area contributed by atoms with Crippen molar-refractivity contribution in [1.82, 2.24) is 5.32 Å². The smallest absolute Gasteiger partial charge is 0.326 e.